The Morgan fingerprint density at radius 1 is 1.03 bits per heavy atom. The molecule has 160 valence electrons. The number of ether oxygens (including phenoxy) is 1. The predicted octanol–water partition coefficient (Wildman–Crippen LogP) is 4.61. The van der Waals surface area contributed by atoms with Crippen molar-refractivity contribution in [2.24, 2.45) is 5.73 Å². The summed E-state index contributed by atoms with van der Waals surface area (Å²) in [7, 11) is 0. The monoisotopic (exact) mass is 438 g/mol. The van der Waals surface area contributed by atoms with Crippen LogP contribution in [-0.2, 0) is 6.54 Å². The van der Waals surface area contributed by atoms with Crippen LogP contribution in [0.15, 0.2) is 54.7 Å². The first-order valence-electron chi connectivity index (χ1n) is 9.63. The lowest BCUT2D eigenvalue weighted by Gasteiger charge is -2.12. The van der Waals surface area contributed by atoms with Crippen LogP contribution in [0.25, 0.3) is 0 Å². The van der Waals surface area contributed by atoms with Gasteiger partial charge in [-0.1, -0.05) is 23.7 Å². The van der Waals surface area contributed by atoms with Gasteiger partial charge in [-0.25, -0.2) is 4.79 Å². The fourth-order valence-corrected chi connectivity index (χ4v) is 3.00. The number of anilines is 1. The van der Waals surface area contributed by atoms with Gasteiger partial charge in [0.2, 0.25) is 0 Å². The summed E-state index contributed by atoms with van der Waals surface area (Å²) < 4.78 is 5.83. The fraction of sp³-hybridized carbons (Fsp3) is 0.174. The van der Waals surface area contributed by atoms with Crippen molar-refractivity contribution in [1.82, 2.24) is 10.3 Å². The number of aromatic nitrogens is 1. The molecule has 1 aromatic heterocycles. The summed E-state index contributed by atoms with van der Waals surface area (Å²) in [6, 6.07) is 13.8. The van der Waals surface area contributed by atoms with E-state index in [1.165, 1.54) is 6.20 Å². The Morgan fingerprint density at radius 3 is 2.52 bits per heavy atom. The van der Waals surface area contributed by atoms with Crippen LogP contribution in [0.1, 0.15) is 27.2 Å². The topological polar surface area (TPSA) is 106 Å². The Kier molecular flexibility index (Phi) is 7.23. The van der Waals surface area contributed by atoms with Gasteiger partial charge >= 0.3 is 6.03 Å². The van der Waals surface area contributed by atoms with Crippen molar-refractivity contribution < 1.29 is 14.3 Å². The summed E-state index contributed by atoms with van der Waals surface area (Å²) in [5.41, 5.74) is 9.10. The van der Waals surface area contributed by atoms with Crippen molar-refractivity contribution >= 4 is 29.1 Å². The highest BCUT2D eigenvalue weighted by molar-refractivity contribution is 6.31. The predicted molar refractivity (Wildman–Crippen MR) is 121 cm³/mol. The zero-order valence-electron chi connectivity index (χ0n) is 17.2. The van der Waals surface area contributed by atoms with E-state index in [2.05, 4.69) is 15.6 Å². The Hall–Kier alpha value is -3.42. The maximum absolute atomic E-state index is 12.2. The van der Waals surface area contributed by atoms with E-state index in [1.54, 1.807) is 30.3 Å². The number of nitrogens with zero attached hydrogens (tertiary/aromatic N) is 1. The van der Waals surface area contributed by atoms with E-state index in [0.29, 0.717) is 28.8 Å². The van der Waals surface area contributed by atoms with Crippen LogP contribution in [0.5, 0.6) is 11.5 Å². The molecule has 3 aromatic rings. The molecule has 2 amide bonds. The molecule has 7 nitrogen and oxygen atoms in total. The van der Waals surface area contributed by atoms with Gasteiger partial charge in [0.1, 0.15) is 17.2 Å². The average Bonchev–Trinajstić information content (AvgIpc) is 2.75. The van der Waals surface area contributed by atoms with E-state index in [4.69, 9.17) is 22.1 Å². The number of Topliss-reactive ketones (excluding diaryl/α,β-unsaturated/α-hetero) is 1. The molecular weight excluding hydrogens is 416 g/mol. The van der Waals surface area contributed by atoms with Gasteiger partial charge < -0.3 is 21.1 Å². The second kappa shape index (κ2) is 10.1. The van der Waals surface area contributed by atoms with Gasteiger partial charge in [-0.05, 0) is 60.9 Å². The van der Waals surface area contributed by atoms with Crippen LogP contribution < -0.4 is 21.1 Å². The molecule has 8 heteroatoms. The van der Waals surface area contributed by atoms with Gasteiger partial charge in [0.05, 0.1) is 6.54 Å². The summed E-state index contributed by atoms with van der Waals surface area (Å²) in [6.45, 7) is 4.07. The Labute approximate surface area is 185 Å². The Bertz CT molecular complexity index is 1120. The molecule has 31 heavy (non-hydrogen) atoms. The zero-order valence-corrected chi connectivity index (χ0v) is 18.0. The number of amides is 2. The number of aryl methyl sites for hydroxylation is 2. The molecule has 0 saturated carbocycles. The first-order chi connectivity index (χ1) is 14.9. The number of ketones is 1. The van der Waals surface area contributed by atoms with Gasteiger partial charge in [0, 0.05) is 29.5 Å². The molecule has 2 aromatic carbocycles. The fourth-order valence-electron chi connectivity index (χ4n) is 2.82. The van der Waals surface area contributed by atoms with Crippen molar-refractivity contribution in [1.29, 1.82) is 0 Å². The second-order valence-corrected chi connectivity index (χ2v) is 7.37. The second-order valence-electron chi connectivity index (χ2n) is 6.97. The minimum absolute atomic E-state index is 0.109. The zero-order chi connectivity index (χ0) is 22.4. The van der Waals surface area contributed by atoms with Crippen LogP contribution >= 0.6 is 11.6 Å². The molecule has 3 rings (SSSR count). The standard InChI is InChI=1S/C23H23ClN4O3/c1-14-3-5-17(10-20(14)24)28-23(30)27-13-16-4-6-18(9-15(16)2)31-19-7-8-26-21(11-19)22(29)12-25/h3-11H,12-13,25H2,1-2H3,(H2,27,28,30). The van der Waals surface area contributed by atoms with Crippen molar-refractivity contribution in [3.8, 4) is 11.5 Å². The number of nitrogens with one attached hydrogen (secondary N) is 2. The van der Waals surface area contributed by atoms with E-state index in [1.807, 2.05) is 32.0 Å². The third kappa shape index (κ3) is 6.04. The minimum atomic E-state index is -0.325. The van der Waals surface area contributed by atoms with Crippen LogP contribution in [-0.4, -0.2) is 23.3 Å². The van der Waals surface area contributed by atoms with E-state index in [0.717, 1.165) is 16.7 Å². The molecule has 1 heterocycles. The molecule has 0 aliphatic heterocycles. The van der Waals surface area contributed by atoms with Crippen LogP contribution in [0.2, 0.25) is 5.02 Å². The van der Waals surface area contributed by atoms with Crippen molar-refractivity contribution in [2.45, 2.75) is 20.4 Å². The summed E-state index contributed by atoms with van der Waals surface area (Å²) in [5, 5.41) is 6.18. The summed E-state index contributed by atoms with van der Waals surface area (Å²) >= 11 is 6.09. The highest BCUT2D eigenvalue weighted by atomic mass is 35.5. The Morgan fingerprint density at radius 2 is 1.81 bits per heavy atom. The van der Waals surface area contributed by atoms with Crippen LogP contribution in [0, 0.1) is 13.8 Å². The normalized spacial score (nSPS) is 10.5. The SMILES string of the molecule is Cc1ccc(NC(=O)NCc2ccc(Oc3ccnc(C(=O)CN)c3)cc2C)cc1Cl. The lowest BCUT2D eigenvalue weighted by molar-refractivity contribution is 0.0996. The van der Waals surface area contributed by atoms with Crippen molar-refractivity contribution in [3.63, 3.8) is 0 Å². The number of hydrogen-bond donors (Lipinski definition) is 3. The molecule has 4 N–H and O–H groups in total. The number of nitrogens with two attached hydrogens (primary N) is 1. The molecule has 0 saturated heterocycles. The molecule has 0 fully saturated rings. The highest BCUT2D eigenvalue weighted by Crippen LogP contribution is 2.24. The minimum Gasteiger partial charge on any atom is -0.457 e. The van der Waals surface area contributed by atoms with Crippen LogP contribution in [0.4, 0.5) is 10.5 Å². The molecule has 0 atom stereocenters. The quantitative estimate of drug-likeness (QED) is 0.467. The number of carbonyl (C=O) groups excluding carboxylic acids is 2. The molecule has 0 radical (unpaired) electrons. The first kappa shape index (κ1) is 22.3. The van der Waals surface area contributed by atoms with E-state index < -0.39 is 0 Å². The van der Waals surface area contributed by atoms with E-state index in [-0.39, 0.29) is 24.1 Å². The van der Waals surface area contributed by atoms with Crippen molar-refractivity contribution in [3.05, 3.63) is 82.1 Å². The lowest BCUT2D eigenvalue weighted by Crippen LogP contribution is -2.28. The number of hydrogen-bond acceptors (Lipinski definition) is 5. The molecule has 0 aliphatic rings. The van der Waals surface area contributed by atoms with Crippen LogP contribution in [0.3, 0.4) is 0 Å². The molecule has 0 bridgehead atoms. The third-order valence-electron chi connectivity index (χ3n) is 4.62. The number of carbonyl (C=O) groups is 2. The smallest absolute Gasteiger partial charge is 0.319 e. The Balaban J connectivity index is 1.60. The molecule has 0 aliphatic carbocycles. The first-order valence-corrected chi connectivity index (χ1v) is 10.0. The van der Waals surface area contributed by atoms with E-state index in [9.17, 15) is 9.59 Å². The maximum Gasteiger partial charge on any atom is 0.319 e. The number of rotatable bonds is 7. The third-order valence-corrected chi connectivity index (χ3v) is 5.03. The molecule has 0 unspecified atom stereocenters. The van der Waals surface area contributed by atoms with Gasteiger partial charge in [-0.2, -0.15) is 0 Å². The maximum atomic E-state index is 12.2. The lowest BCUT2D eigenvalue weighted by atomic mass is 10.1. The van der Waals surface area contributed by atoms with Crippen molar-refractivity contribution in [2.75, 3.05) is 11.9 Å². The van der Waals surface area contributed by atoms with Gasteiger partial charge in [0.25, 0.3) is 0 Å². The summed E-state index contributed by atoms with van der Waals surface area (Å²) in [6.07, 6.45) is 1.50. The number of pyridine rings is 1. The number of benzene rings is 2. The average molecular weight is 439 g/mol. The number of urea groups is 1. The summed E-state index contributed by atoms with van der Waals surface area (Å²) in [5.74, 6) is 0.847. The highest BCUT2D eigenvalue weighted by Gasteiger charge is 2.09. The summed E-state index contributed by atoms with van der Waals surface area (Å²) in [4.78, 5) is 27.9. The van der Waals surface area contributed by atoms with Gasteiger partial charge in [-0.15, -0.1) is 0 Å². The number of halogens is 1. The van der Waals surface area contributed by atoms with Gasteiger partial charge in [-0.3, -0.25) is 9.78 Å². The molecular formula is C23H23ClN4O3. The molecule has 0 spiro atoms. The van der Waals surface area contributed by atoms with Gasteiger partial charge in [0.15, 0.2) is 5.78 Å². The van der Waals surface area contributed by atoms with E-state index >= 15 is 0 Å². The largest absolute Gasteiger partial charge is 0.457 e.